The highest BCUT2D eigenvalue weighted by molar-refractivity contribution is 5.87. The fourth-order valence-electron chi connectivity index (χ4n) is 3.39. The fraction of sp³-hybridized carbons (Fsp3) is 0.857. The van der Waals surface area contributed by atoms with Gasteiger partial charge in [0.1, 0.15) is 0 Å². The third kappa shape index (κ3) is 2.52. The van der Waals surface area contributed by atoms with Gasteiger partial charge in [-0.3, -0.25) is 9.59 Å². The SMILES string of the molecule is COC(=O)C1CC(=O)N(C2CCCCCC2)C1C. The molecule has 1 saturated heterocycles. The first-order valence-electron chi connectivity index (χ1n) is 7.04. The van der Waals surface area contributed by atoms with Gasteiger partial charge < -0.3 is 9.64 Å². The van der Waals surface area contributed by atoms with Crippen LogP contribution in [0.4, 0.5) is 0 Å². The molecule has 0 aromatic heterocycles. The highest BCUT2D eigenvalue weighted by Crippen LogP contribution is 2.33. The van der Waals surface area contributed by atoms with Crippen LogP contribution < -0.4 is 0 Å². The number of nitrogens with zero attached hydrogens (tertiary/aromatic N) is 1. The number of amides is 1. The second kappa shape index (κ2) is 5.72. The minimum Gasteiger partial charge on any atom is -0.469 e. The predicted molar refractivity (Wildman–Crippen MR) is 67.9 cm³/mol. The van der Waals surface area contributed by atoms with E-state index in [4.69, 9.17) is 4.74 Å². The number of esters is 1. The van der Waals surface area contributed by atoms with Crippen molar-refractivity contribution in [2.24, 2.45) is 5.92 Å². The lowest BCUT2D eigenvalue weighted by molar-refractivity contribution is -0.146. The Labute approximate surface area is 109 Å². The maximum Gasteiger partial charge on any atom is 0.311 e. The number of ether oxygens (including phenoxy) is 1. The van der Waals surface area contributed by atoms with Crippen molar-refractivity contribution in [1.29, 1.82) is 0 Å². The number of carbonyl (C=O) groups is 2. The maximum atomic E-state index is 12.1. The number of hydrogen-bond donors (Lipinski definition) is 0. The Morgan fingerprint density at radius 2 is 1.83 bits per heavy atom. The monoisotopic (exact) mass is 253 g/mol. The molecular weight excluding hydrogens is 230 g/mol. The Hall–Kier alpha value is -1.06. The van der Waals surface area contributed by atoms with Gasteiger partial charge in [-0.25, -0.2) is 0 Å². The third-order valence-corrected chi connectivity index (χ3v) is 4.43. The summed E-state index contributed by atoms with van der Waals surface area (Å²) in [5.41, 5.74) is 0. The van der Waals surface area contributed by atoms with E-state index in [9.17, 15) is 9.59 Å². The Morgan fingerprint density at radius 3 is 2.39 bits per heavy atom. The summed E-state index contributed by atoms with van der Waals surface area (Å²) in [6.45, 7) is 1.98. The molecule has 1 aliphatic heterocycles. The Morgan fingerprint density at radius 1 is 1.22 bits per heavy atom. The molecule has 0 aromatic rings. The smallest absolute Gasteiger partial charge is 0.311 e. The molecule has 2 rings (SSSR count). The summed E-state index contributed by atoms with van der Waals surface area (Å²) in [5, 5.41) is 0. The first kappa shape index (κ1) is 13.4. The quantitative estimate of drug-likeness (QED) is 0.559. The molecule has 1 aliphatic carbocycles. The van der Waals surface area contributed by atoms with E-state index in [1.165, 1.54) is 32.8 Å². The van der Waals surface area contributed by atoms with E-state index in [1.807, 2.05) is 11.8 Å². The summed E-state index contributed by atoms with van der Waals surface area (Å²) in [6.07, 6.45) is 7.44. The van der Waals surface area contributed by atoms with Gasteiger partial charge in [0.25, 0.3) is 0 Å². The second-order valence-corrected chi connectivity index (χ2v) is 5.52. The number of rotatable bonds is 2. The molecule has 2 fully saturated rings. The van der Waals surface area contributed by atoms with E-state index in [2.05, 4.69) is 0 Å². The first-order valence-corrected chi connectivity index (χ1v) is 7.04. The summed E-state index contributed by atoms with van der Waals surface area (Å²) in [6, 6.07) is 0.331. The van der Waals surface area contributed by atoms with E-state index in [1.54, 1.807) is 0 Å². The zero-order valence-electron chi connectivity index (χ0n) is 11.4. The third-order valence-electron chi connectivity index (χ3n) is 4.43. The van der Waals surface area contributed by atoms with Crippen molar-refractivity contribution in [3.8, 4) is 0 Å². The normalized spacial score (nSPS) is 30.3. The zero-order chi connectivity index (χ0) is 13.1. The van der Waals surface area contributed by atoms with E-state index in [-0.39, 0.29) is 23.8 Å². The largest absolute Gasteiger partial charge is 0.469 e. The van der Waals surface area contributed by atoms with Crippen LogP contribution in [0.5, 0.6) is 0 Å². The maximum absolute atomic E-state index is 12.1. The van der Waals surface area contributed by atoms with Gasteiger partial charge in [-0.05, 0) is 19.8 Å². The second-order valence-electron chi connectivity index (χ2n) is 5.52. The Bertz CT molecular complexity index is 321. The molecule has 0 bridgehead atoms. The summed E-state index contributed by atoms with van der Waals surface area (Å²) in [5.74, 6) is -0.387. The molecule has 102 valence electrons. The molecule has 0 spiro atoms. The molecule has 2 atom stereocenters. The van der Waals surface area contributed by atoms with Crippen molar-refractivity contribution >= 4 is 11.9 Å². The van der Waals surface area contributed by atoms with Crippen LogP contribution in [0.25, 0.3) is 0 Å². The molecule has 1 amide bonds. The predicted octanol–water partition coefficient (Wildman–Crippen LogP) is 2.12. The molecule has 0 radical (unpaired) electrons. The standard InChI is InChI=1S/C14H23NO3/c1-10-12(14(17)18-2)9-13(16)15(10)11-7-5-3-4-6-8-11/h10-12H,3-9H2,1-2H3. The van der Waals surface area contributed by atoms with Crippen LogP contribution in [0.3, 0.4) is 0 Å². The molecular formula is C14H23NO3. The average molecular weight is 253 g/mol. The number of methoxy groups -OCH3 is 1. The number of likely N-dealkylation sites (tertiary alicyclic amines) is 1. The van der Waals surface area contributed by atoms with Crippen LogP contribution in [-0.4, -0.2) is 36.0 Å². The van der Waals surface area contributed by atoms with Crippen molar-refractivity contribution in [3.05, 3.63) is 0 Å². The topological polar surface area (TPSA) is 46.6 Å². The molecule has 1 saturated carbocycles. The van der Waals surface area contributed by atoms with Crippen LogP contribution >= 0.6 is 0 Å². The van der Waals surface area contributed by atoms with Gasteiger partial charge in [-0.2, -0.15) is 0 Å². The molecule has 2 unspecified atom stereocenters. The fourth-order valence-corrected chi connectivity index (χ4v) is 3.39. The van der Waals surface area contributed by atoms with Crippen LogP contribution in [0.1, 0.15) is 51.9 Å². The molecule has 0 N–H and O–H groups in total. The van der Waals surface area contributed by atoms with E-state index in [0.29, 0.717) is 12.5 Å². The van der Waals surface area contributed by atoms with Crippen LogP contribution in [0.2, 0.25) is 0 Å². The summed E-state index contributed by atoms with van der Waals surface area (Å²) < 4.78 is 4.80. The highest BCUT2D eigenvalue weighted by atomic mass is 16.5. The molecule has 18 heavy (non-hydrogen) atoms. The lowest BCUT2D eigenvalue weighted by Crippen LogP contribution is -2.42. The van der Waals surface area contributed by atoms with E-state index >= 15 is 0 Å². The van der Waals surface area contributed by atoms with Crippen molar-refractivity contribution in [2.45, 2.75) is 64.0 Å². The van der Waals surface area contributed by atoms with Crippen molar-refractivity contribution in [2.75, 3.05) is 7.11 Å². The Kier molecular flexibility index (Phi) is 4.25. The van der Waals surface area contributed by atoms with E-state index < -0.39 is 0 Å². The van der Waals surface area contributed by atoms with Crippen molar-refractivity contribution < 1.29 is 14.3 Å². The summed E-state index contributed by atoms with van der Waals surface area (Å²) in [7, 11) is 1.40. The number of carbonyl (C=O) groups excluding carboxylic acids is 2. The lowest BCUT2D eigenvalue weighted by atomic mass is 10.0. The Balaban J connectivity index is 2.07. The van der Waals surface area contributed by atoms with Gasteiger partial charge in [0.15, 0.2) is 0 Å². The number of hydrogen-bond acceptors (Lipinski definition) is 3. The average Bonchev–Trinajstić information content (AvgIpc) is 2.59. The highest BCUT2D eigenvalue weighted by Gasteiger charge is 2.44. The van der Waals surface area contributed by atoms with Gasteiger partial charge in [-0.1, -0.05) is 25.7 Å². The van der Waals surface area contributed by atoms with Gasteiger partial charge in [-0.15, -0.1) is 0 Å². The van der Waals surface area contributed by atoms with Crippen molar-refractivity contribution in [1.82, 2.24) is 4.90 Å². The van der Waals surface area contributed by atoms with Gasteiger partial charge in [0.05, 0.1) is 13.0 Å². The zero-order valence-corrected chi connectivity index (χ0v) is 11.4. The van der Waals surface area contributed by atoms with Crippen LogP contribution in [-0.2, 0) is 14.3 Å². The molecule has 4 nitrogen and oxygen atoms in total. The van der Waals surface area contributed by atoms with Crippen LogP contribution in [0, 0.1) is 5.92 Å². The molecule has 0 aromatic carbocycles. The first-order chi connectivity index (χ1) is 8.65. The molecule has 2 aliphatic rings. The van der Waals surface area contributed by atoms with Crippen LogP contribution in [0.15, 0.2) is 0 Å². The van der Waals surface area contributed by atoms with Gasteiger partial charge in [0, 0.05) is 18.5 Å². The lowest BCUT2D eigenvalue weighted by Gasteiger charge is -2.32. The molecule has 1 heterocycles. The van der Waals surface area contributed by atoms with E-state index in [0.717, 1.165) is 12.8 Å². The summed E-state index contributed by atoms with van der Waals surface area (Å²) >= 11 is 0. The molecule has 4 heteroatoms. The van der Waals surface area contributed by atoms with Crippen molar-refractivity contribution in [3.63, 3.8) is 0 Å². The summed E-state index contributed by atoms with van der Waals surface area (Å²) in [4.78, 5) is 25.8. The minimum absolute atomic E-state index is 0.00644. The minimum atomic E-state index is -0.272. The van der Waals surface area contributed by atoms with Gasteiger partial charge >= 0.3 is 5.97 Å². The van der Waals surface area contributed by atoms with Gasteiger partial charge in [0.2, 0.25) is 5.91 Å².